The van der Waals surface area contributed by atoms with E-state index in [1.54, 1.807) is 24.3 Å². The fourth-order valence-electron chi connectivity index (χ4n) is 2.66. The summed E-state index contributed by atoms with van der Waals surface area (Å²) in [5.74, 6) is -0.689. The Bertz CT molecular complexity index is 914. The van der Waals surface area contributed by atoms with Crippen molar-refractivity contribution in [2.75, 3.05) is 25.1 Å². The third-order valence-corrected chi connectivity index (χ3v) is 4.36. The highest BCUT2D eigenvalue weighted by Gasteiger charge is 2.11. The van der Waals surface area contributed by atoms with Gasteiger partial charge in [-0.15, -0.1) is 0 Å². The van der Waals surface area contributed by atoms with Gasteiger partial charge in [-0.1, -0.05) is 18.2 Å². The lowest BCUT2D eigenvalue weighted by Crippen LogP contribution is -2.41. The Balaban J connectivity index is 1.74. The van der Waals surface area contributed by atoms with Crippen LogP contribution < -0.4 is 20.9 Å². The lowest BCUT2D eigenvalue weighted by Gasteiger charge is -2.11. The fraction of sp³-hybridized carbons (Fsp3) is 0.348. The molecule has 0 saturated heterocycles. The molecule has 0 aliphatic heterocycles. The molecular formula is C23H29N3O5. The molecule has 8 heteroatoms. The molecule has 0 aliphatic carbocycles. The van der Waals surface area contributed by atoms with Crippen molar-refractivity contribution >= 4 is 23.4 Å². The van der Waals surface area contributed by atoms with E-state index in [0.29, 0.717) is 31.1 Å². The number of benzene rings is 2. The van der Waals surface area contributed by atoms with Crippen LogP contribution in [0.1, 0.15) is 41.3 Å². The van der Waals surface area contributed by atoms with Crippen molar-refractivity contribution < 1.29 is 23.9 Å². The summed E-state index contributed by atoms with van der Waals surface area (Å²) in [5, 5.41) is 2.80. The molecule has 0 atom stereocenters. The number of aryl methyl sites for hydroxylation is 2. The zero-order chi connectivity index (χ0) is 22.6. The molecule has 0 heterocycles. The Morgan fingerprint density at radius 1 is 0.903 bits per heavy atom. The molecule has 0 radical (unpaired) electrons. The van der Waals surface area contributed by atoms with Gasteiger partial charge in [0.25, 0.3) is 5.91 Å². The average Bonchev–Trinajstić information content (AvgIpc) is 2.76. The topological polar surface area (TPSA) is 106 Å². The van der Waals surface area contributed by atoms with Crippen molar-refractivity contribution in [1.82, 2.24) is 10.9 Å². The van der Waals surface area contributed by atoms with Crippen LogP contribution in [0, 0.1) is 13.8 Å². The van der Waals surface area contributed by atoms with E-state index in [9.17, 15) is 14.4 Å². The van der Waals surface area contributed by atoms with Crippen molar-refractivity contribution in [2.24, 2.45) is 0 Å². The van der Waals surface area contributed by atoms with Crippen LogP contribution in [0.15, 0.2) is 42.5 Å². The second kappa shape index (κ2) is 12.3. The van der Waals surface area contributed by atoms with E-state index in [1.807, 2.05) is 39.0 Å². The van der Waals surface area contributed by atoms with E-state index >= 15 is 0 Å². The molecule has 2 aromatic carbocycles. The smallest absolute Gasteiger partial charge is 0.269 e. The van der Waals surface area contributed by atoms with E-state index in [2.05, 4.69) is 16.2 Å². The Morgan fingerprint density at radius 2 is 1.68 bits per heavy atom. The number of hydrazine groups is 1. The Kier molecular flexibility index (Phi) is 9.51. The maximum absolute atomic E-state index is 12.2. The van der Waals surface area contributed by atoms with Crippen molar-refractivity contribution in [1.29, 1.82) is 0 Å². The molecule has 0 fully saturated rings. The summed E-state index contributed by atoms with van der Waals surface area (Å²) in [6, 6.07) is 12.4. The van der Waals surface area contributed by atoms with Crippen molar-refractivity contribution in [3.05, 3.63) is 59.2 Å². The van der Waals surface area contributed by atoms with Gasteiger partial charge in [-0.25, -0.2) is 0 Å². The van der Waals surface area contributed by atoms with Crippen LogP contribution in [0.2, 0.25) is 0 Å². The molecule has 8 nitrogen and oxygen atoms in total. The summed E-state index contributed by atoms with van der Waals surface area (Å²) in [6.45, 7) is 7.18. The number of anilines is 1. The number of rotatable bonds is 10. The highest BCUT2D eigenvalue weighted by Crippen LogP contribution is 2.16. The van der Waals surface area contributed by atoms with Crippen LogP contribution in [-0.2, 0) is 14.3 Å². The summed E-state index contributed by atoms with van der Waals surface area (Å²) in [4.78, 5) is 36.3. The largest absolute Gasteiger partial charge is 0.491 e. The van der Waals surface area contributed by atoms with Gasteiger partial charge in [0.15, 0.2) is 0 Å². The first-order chi connectivity index (χ1) is 14.9. The van der Waals surface area contributed by atoms with Gasteiger partial charge >= 0.3 is 0 Å². The second-order valence-corrected chi connectivity index (χ2v) is 6.94. The van der Waals surface area contributed by atoms with Crippen LogP contribution in [0.4, 0.5) is 5.69 Å². The van der Waals surface area contributed by atoms with Crippen LogP contribution in [0.25, 0.3) is 0 Å². The van der Waals surface area contributed by atoms with Crippen molar-refractivity contribution in [2.45, 2.75) is 33.6 Å². The number of carbonyl (C=O) groups excluding carboxylic acids is 3. The molecule has 2 rings (SSSR count). The van der Waals surface area contributed by atoms with Gasteiger partial charge in [0.05, 0.1) is 6.61 Å². The Labute approximate surface area is 182 Å². The van der Waals surface area contributed by atoms with E-state index in [0.717, 1.165) is 16.8 Å². The molecule has 2 aromatic rings. The lowest BCUT2D eigenvalue weighted by atomic mass is 10.1. The first kappa shape index (κ1) is 23.9. The minimum atomic E-state index is -0.483. The quantitative estimate of drug-likeness (QED) is 0.399. The van der Waals surface area contributed by atoms with Gasteiger partial charge in [-0.05, 0) is 56.2 Å². The summed E-state index contributed by atoms with van der Waals surface area (Å²) in [6.07, 6.45) is -0.0597. The van der Waals surface area contributed by atoms with Gasteiger partial charge in [0.2, 0.25) is 11.8 Å². The number of amides is 3. The van der Waals surface area contributed by atoms with Crippen LogP contribution >= 0.6 is 0 Å². The Hall–Kier alpha value is -3.39. The third-order valence-electron chi connectivity index (χ3n) is 4.36. The third kappa shape index (κ3) is 8.47. The number of ether oxygens (including phenoxy) is 2. The zero-order valence-corrected chi connectivity index (χ0v) is 18.1. The van der Waals surface area contributed by atoms with Crippen LogP contribution in [0.5, 0.6) is 5.75 Å². The highest BCUT2D eigenvalue weighted by molar-refractivity contribution is 5.97. The predicted octanol–water partition coefficient (Wildman–Crippen LogP) is 2.90. The number of nitrogens with one attached hydrogen (secondary N) is 3. The molecule has 0 aromatic heterocycles. The molecule has 0 saturated carbocycles. The number of carbonyl (C=O) groups is 3. The standard InChI is InChI=1S/C23H29N3O5/c1-4-30-12-13-31-19-7-5-6-18(15-19)23(29)26-25-22(28)11-10-21(27)24-20-14-16(2)8-9-17(20)3/h5-9,14-15H,4,10-13H2,1-3H3,(H,24,27)(H,25,28)(H,26,29). The van der Waals surface area contributed by atoms with Gasteiger partial charge in [0, 0.05) is 30.7 Å². The molecule has 0 unspecified atom stereocenters. The van der Waals surface area contributed by atoms with Gasteiger partial charge in [-0.2, -0.15) is 0 Å². The van der Waals surface area contributed by atoms with Crippen LogP contribution in [-0.4, -0.2) is 37.5 Å². The number of hydrogen-bond acceptors (Lipinski definition) is 5. The molecule has 0 spiro atoms. The van der Waals surface area contributed by atoms with Crippen molar-refractivity contribution in [3.63, 3.8) is 0 Å². The van der Waals surface area contributed by atoms with Gasteiger partial charge < -0.3 is 14.8 Å². The van der Waals surface area contributed by atoms with Gasteiger partial charge in [-0.3, -0.25) is 25.2 Å². The summed E-state index contributed by atoms with van der Waals surface area (Å²) >= 11 is 0. The van der Waals surface area contributed by atoms with E-state index in [1.165, 1.54) is 0 Å². The molecule has 3 N–H and O–H groups in total. The zero-order valence-electron chi connectivity index (χ0n) is 18.1. The molecule has 3 amide bonds. The molecule has 31 heavy (non-hydrogen) atoms. The predicted molar refractivity (Wildman–Crippen MR) is 118 cm³/mol. The highest BCUT2D eigenvalue weighted by atomic mass is 16.5. The minimum Gasteiger partial charge on any atom is -0.491 e. The maximum Gasteiger partial charge on any atom is 0.269 e. The van der Waals surface area contributed by atoms with Crippen molar-refractivity contribution in [3.8, 4) is 5.75 Å². The second-order valence-electron chi connectivity index (χ2n) is 6.94. The minimum absolute atomic E-state index is 0.00174. The molecule has 0 aliphatic rings. The summed E-state index contributed by atoms with van der Waals surface area (Å²) < 4.78 is 10.7. The average molecular weight is 428 g/mol. The first-order valence-corrected chi connectivity index (χ1v) is 10.2. The maximum atomic E-state index is 12.2. The monoisotopic (exact) mass is 427 g/mol. The summed E-state index contributed by atoms with van der Waals surface area (Å²) in [7, 11) is 0. The van der Waals surface area contributed by atoms with Crippen LogP contribution in [0.3, 0.4) is 0 Å². The Morgan fingerprint density at radius 3 is 2.45 bits per heavy atom. The van der Waals surface area contributed by atoms with E-state index in [4.69, 9.17) is 9.47 Å². The van der Waals surface area contributed by atoms with Gasteiger partial charge in [0.1, 0.15) is 12.4 Å². The fourth-order valence-corrected chi connectivity index (χ4v) is 2.66. The lowest BCUT2D eigenvalue weighted by molar-refractivity contribution is -0.124. The summed E-state index contributed by atoms with van der Waals surface area (Å²) in [5.41, 5.74) is 7.70. The number of hydrogen-bond donors (Lipinski definition) is 3. The SMILES string of the molecule is CCOCCOc1cccc(C(=O)NNC(=O)CCC(=O)Nc2cc(C)ccc2C)c1. The molecule has 166 valence electrons. The molecule has 0 bridgehead atoms. The van der Waals surface area contributed by atoms with E-state index < -0.39 is 11.8 Å². The molecular weight excluding hydrogens is 398 g/mol. The van der Waals surface area contributed by atoms with E-state index in [-0.39, 0.29) is 18.7 Å². The normalized spacial score (nSPS) is 10.3. The first-order valence-electron chi connectivity index (χ1n) is 10.2.